The van der Waals surface area contributed by atoms with Gasteiger partial charge in [0.2, 0.25) is 11.4 Å². The summed E-state index contributed by atoms with van der Waals surface area (Å²) in [4.78, 5) is 0. The number of aromatic nitrogens is 1. The standard InChI is InChI=1S/C18H12F3NO/c19-18(20,21)15-11-9-14(10-12-15)17-8-4-7-16(22(17)23)13-5-2-1-3-6-13/h1-12H. The van der Waals surface area contributed by atoms with E-state index in [0.717, 1.165) is 22.4 Å². The molecule has 1 heterocycles. The Morgan fingerprint density at radius 2 is 1.17 bits per heavy atom. The zero-order valence-electron chi connectivity index (χ0n) is 11.9. The van der Waals surface area contributed by atoms with E-state index < -0.39 is 11.7 Å². The number of nitrogens with zero attached hydrogens (tertiary/aromatic N) is 1. The van der Waals surface area contributed by atoms with Gasteiger partial charge >= 0.3 is 6.18 Å². The minimum absolute atomic E-state index is 0.306. The predicted molar refractivity (Wildman–Crippen MR) is 81.3 cm³/mol. The Kier molecular flexibility index (Phi) is 3.78. The average molecular weight is 315 g/mol. The molecule has 0 spiro atoms. The zero-order valence-corrected chi connectivity index (χ0v) is 11.9. The van der Waals surface area contributed by atoms with Crippen LogP contribution in [0.1, 0.15) is 5.56 Å². The molecule has 0 bridgehead atoms. The number of halogens is 3. The van der Waals surface area contributed by atoms with Gasteiger partial charge in [-0.2, -0.15) is 17.9 Å². The van der Waals surface area contributed by atoms with Gasteiger partial charge in [0.25, 0.3) is 0 Å². The zero-order chi connectivity index (χ0) is 16.4. The molecule has 3 rings (SSSR count). The van der Waals surface area contributed by atoms with Crippen LogP contribution in [0.5, 0.6) is 0 Å². The molecule has 0 fully saturated rings. The Morgan fingerprint density at radius 1 is 0.652 bits per heavy atom. The summed E-state index contributed by atoms with van der Waals surface area (Å²) in [5.41, 5.74) is 1.20. The molecule has 2 nitrogen and oxygen atoms in total. The lowest BCUT2D eigenvalue weighted by atomic mass is 10.1. The van der Waals surface area contributed by atoms with E-state index in [1.807, 2.05) is 18.2 Å². The predicted octanol–water partition coefficient (Wildman–Crippen LogP) is 4.67. The van der Waals surface area contributed by atoms with Crippen molar-refractivity contribution in [2.75, 3.05) is 0 Å². The molecule has 0 radical (unpaired) electrons. The largest absolute Gasteiger partial charge is 0.618 e. The summed E-state index contributed by atoms with van der Waals surface area (Å²) in [6.07, 6.45) is -4.39. The van der Waals surface area contributed by atoms with Crippen molar-refractivity contribution >= 4 is 0 Å². The molecular formula is C18H12F3NO. The monoisotopic (exact) mass is 315 g/mol. The second-order valence-corrected chi connectivity index (χ2v) is 5.03. The molecule has 0 N–H and O–H groups in total. The Morgan fingerprint density at radius 3 is 1.70 bits per heavy atom. The third-order valence-corrected chi connectivity index (χ3v) is 3.52. The minimum atomic E-state index is -4.39. The smallest absolute Gasteiger partial charge is 0.416 e. The Hall–Kier alpha value is -2.82. The molecule has 2 aromatic carbocycles. The normalized spacial score (nSPS) is 11.4. The average Bonchev–Trinajstić information content (AvgIpc) is 2.55. The van der Waals surface area contributed by atoms with Gasteiger partial charge in [-0.3, -0.25) is 0 Å². The van der Waals surface area contributed by atoms with Crippen molar-refractivity contribution in [3.63, 3.8) is 0 Å². The molecule has 0 unspecified atom stereocenters. The van der Waals surface area contributed by atoms with Gasteiger partial charge in [0.05, 0.1) is 5.56 Å². The minimum Gasteiger partial charge on any atom is -0.618 e. The topological polar surface area (TPSA) is 26.9 Å². The maximum Gasteiger partial charge on any atom is 0.416 e. The number of hydrogen-bond acceptors (Lipinski definition) is 1. The first-order valence-electron chi connectivity index (χ1n) is 6.92. The van der Waals surface area contributed by atoms with Crippen LogP contribution in [-0.2, 0) is 6.18 Å². The quantitative estimate of drug-likeness (QED) is 0.498. The molecular weight excluding hydrogens is 303 g/mol. The van der Waals surface area contributed by atoms with Crippen LogP contribution in [-0.4, -0.2) is 0 Å². The highest BCUT2D eigenvalue weighted by molar-refractivity contribution is 5.61. The number of pyridine rings is 1. The van der Waals surface area contributed by atoms with E-state index in [0.29, 0.717) is 17.0 Å². The highest BCUT2D eigenvalue weighted by Crippen LogP contribution is 2.30. The van der Waals surface area contributed by atoms with Crippen LogP contribution in [0.25, 0.3) is 22.5 Å². The second kappa shape index (κ2) is 5.76. The van der Waals surface area contributed by atoms with Crippen LogP contribution in [0.2, 0.25) is 0 Å². The summed E-state index contributed by atoms with van der Waals surface area (Å²) in [5, 5.41) is 12.5. The summed E-state index contributed by atoms with van der Waals surface area (Å²) < 4.78 is 38.6. The molecule has 0 aliphatic rings. The summed E-state index contributed by atoms with van der Waals surface area (Å²) in [7, 11) is 0. The summed E-state index contributed by atoms with van der Waals surface area (Å²) in [5.74, 6) is 0. The van der Waals surface area contributed by atoms with Crippen molar-refractivity contribution in [1.29, 1.82) is 0 Å². The lowest BCUT2D eigenvalue weighted by Gasteiger charge is -2.10. The van der Waals surface area contributed by atoms with E-state index >= 15 is 0 Å². The van der Waals surface area contributed by atoms with E-state index in [4.69, 9.17) is 0 Å². The fourth-order valence-electron chi connectivity index (χ4n) is 2.36. The second-order valence-electron chi connectivity index (χ2n) is 5.03. The molecule has 0 aliphatic heterocycles. The van der Waals surface area contributed by atoms with E-state index in [9.17, 15) is 18.4 Å². The van der Waals surface area contributed by atoms with Gasteiger partial charge in [-0.05, 0) is 42.5 Å². The van der Waals surface area contributed by atoms with Gasteiger partial charge in [-0.1, -0.05) is 18.2 Å². The molecule has 0 saturated carbocycles. The number of benzene rings is 2. The van der Waals surface area contributed by atoms with Gasteiger partial charge in [0.15, 0.2) is 0 Å². The maximum atomic E-state index is 12.6. The van der Waals surface area contributed by atoms with E-state index in [1.54, 1.807) is 30.3 Å². The Bertz CT molecular complexity index is 812. The van der Waals surface area contributed by atoms with E-state index in [-0.39, 0.29) is 0 Å². The molecule has 116 valence electrons. The van der Waals surface area contributed by atoms with Crippen LogP contribution in [0.15, 0.2) is 72.8 Å². The van der Waals surface area contributed by atoms with E-state index in [2.05, 4.69) is 0 Å². The van der Waals surface area contributed by atoms with Crippen LogP contribution in [0.4, 0.5) is 13.2 Å². The molecule has 3 aromatic rings. The summed E-state index contributed by atoms with van der Waals surface area (Å²) in [6.45, 7) is 0. The number of rotatable bonds is 2. The maximum absolute atomic E-state index is 12.6. The van der Waals surface area contributed by atoms with E-state index in [1.165, 1.54) is 12.1 Å². The highest BCUT2D eigenvalue weighted by Gasteiger charge is 2.30. The fraction of sp³-hybridized carbons (Fsp3) is 0.0556. The molecule has 0 amide bonds. The summed E-state index contributed by atoms with van der Waals surface area (Å²) in [6, 6.07) is 18.6. The highest BCUT2D eigenvalue weighted by atomic mass is 19.4. The van der Waals surface area contributed by atoms with Crippen LogP contribution < -0.4 is 4.73 Å². The van der Waals surface area contributed by atoms with Crippen LogP contribution in [0, 0.1) is 5.21 Å². The van der Waals surface area contributed by atoms with Gasteiger partial charge in [0, 0.05) is 23.3 Å². The Balaban J connectivity index is 2.04. The fourth-order valence-corrected chi connectivity index (χ4v) is 2.36. The number of alkyl halides is 3. The molecule has 1 aromatic heterocycles. The SMILES string of the molecule is [O-][n+]1c(-c2ccccc2)cccc1-c1ccc(C(F)(F)F)cc1. The van der Waals surface area contributed by atoms with Crippen molar-refractivity contribution in [3.05, 3.63) is 83.6 Å². The third kappa shape index (κ3) is 3.04. The molecule has 0 aliphatic carbocycles. The first-order valence-corrected chi connectivity index (χ1v) is 6.92. The van der Waals surface area contributed by atoms with Gasteiger partial charge in [-0.15, -0.1) is 0 Å². The number of hydrogen-bond donors (Lipinski definition) is 0. The molecule has 0 atom stereocenters. The van der Waals surface area contributed by atoms with Crippen molar-refractivity contribution in [2.24, 2.45) is 0 Å². The van der Waals surface area contributed by atoms with Crippen molar-refractivity contribution in [1.82, 2.24) is 0 Å². The first kappa shape index (κ1) is 15.1. The summed E-state index contributed by atoms with van der Waals surface area (Å²) >= 11 is 0. The lowest BCUT2D eigenvalue weighted by molar-refractivity contribution is -0.581. The van der Waals surface area contributed by atoms with Crippen molar-refractivity contribution in [3.8, 4) is 22.5 Å². The van der Waals surface area contributed by atoms with Crippen LogP contribution >= 0.6 is 0 Å². The first-order chi connectivity index (χ1) is 11.0. The third-order valence-electron chi connectivity index (χ3n) is 3.52. The molecule has 0 saturated heterocycles. The van der Waals surface area contributed by atoms with Gasteiger partial charge in [-0.25, -0.2) is 0 Å². The molecule has 23 heavy (non-hydrogen) atoms. The van der Waals surface area contributed by atoms with Crippen molar-refractivity contribution in [2.45, 2.75) is 6.18 Å². The Labute approximate surface area is 131 Å². The van der Waals surface area contributed by atoms with Gasteiger partial charge in [0.1, 0.15) is 0 Å². The van der Waals surface area contributed by atoms with Crippen molar-refractivity contribution < 1.29 is 17.9 Å². The molecule has 5 heteroatoms. The van der Waals surface area contributed by atoms with Gasteiger partial charge < -0.3 is 5.21 Å². The van der Waals surface area contributed by atoms with Crippen LogP contribution in [0.3, 0.4) is 0 Å². The lowest BCUT2D eigenvalue weighted by Crippen LogP contribution is -2.31.